The van der Waals surface area contributed by atoms with Crippen molar-refractivity contribution in [1.29, 1.82) is 0 Å². The summed E-state index contributed by atoms with van der Waals surface area (Å²) in [5.41, 5.74) is 3.83. The van der Waals surface area contributed by atoms with E-state index in [0.29, 0.717) is 48.0 Å². The molecule has 5 rings (SSSR count). The van der Waals surface area contributed by atoms with Gasteiger partial charge in [0.2, 0.25) is 21.9 Å². The molecule has 3 N–H and O–H groups in total. The Morgan fingerprint density at radius 2 is 1.96 bits per heavy atom. The van der Waals surface area contributed by atoms with E-state index in [1.54, 1.807) is 19.2 Å². The molecule has 0 unspecified atom stereocenters. The van der Waals surface area contributed by atoms with Crippen molar-refractivity contribution in [2.75, 3.05) is 91.5 Å². The average molecular weight is 657 g/mol. The number of methoxy groups -OCH3 is 1. The lowest BCUT2D eigenvalue weighted by molar-refractivity contribution is -0.111. The first kappa shape index (κ1) is 32.3. The maximum absolute atomic E-state index is 12.5. The second kappa shape index (κ2) is 13.9. The molecule has 0 radical (unpaired) electrons. The third kappa shape index (κ3) is 7.59. The fourth-order valence-electron chi connectivity index (χ4n) is 5.29. The summed E-state index contributed by atoms with van der Waals surface area (Å²) in [6.45, 7) is 8.67. The van der Waals surface area contributed by atoms with Crippen molar-refractivity contribution in [2.45, 2.75) is 6.42 Å². The zero-order chi connectivity index (χ0) is 32.1. The van der Waals surface area contributed by atoms with Crippen LogP contribution in [0.5, 0.6) is 5.75 Å². The maximum Gasteiger partial charge on any atom is 0.247 e. The molecule has 0 aliphatic carbocycles. The van der Waals surface area contributed by atoms with Gasteiger partial charge in [0.05, 0.1) is 61.2 Å². The number of benzene rings is 2. The van der Waals surface area contributed by atoms with E-state index in [0.717, 1.165) is 44.1 Å². The molecule has 0 atom stereocenters. The molecule has 1 amide bonds. The minimum atomic E-state index is -3.48. The van der Waals surface area contributed by atoms with Crippen LogP contribution in [-0.4, -0.2) is 95.5 Å². The lowest BCUT2D eigenvalue weighted by Crippen LogP contribution is -2.40. The maximum atomic E-state index is 12.5. The first-order valence-corrected chi connectivity index (χ1v) is 16.6. The number of halogens is 1. The van der Waals surface area contributed by atoms with E-state index in [2.05, 4.69) is 42.3 Å². The van der Waals surface area contributed by atoms with E-state index in [4.69, 9.17) is 21.1 Å². The predicted octanol–water partition coefficient (Wildman–Crippen LogP) is 3.84. The van der Waals surface area contributed by atoms with Gasteiger partial charge in [0.15, 0.2) is 5.82 Å². The fourth-order valence-corrected chi connectivity index (χ4v) is 6.40. The van der Waals surface area contributed by atoms with Crippen LogP contribution >= 0.6 is 11.6 Å². The Hall–Kier alpha value is -4.11. The third-order valence-corrected chi connectivity index (χ3v) is 9.07. The molecule has 3 heterocycles. The van der Waals surface area contributed by atoms with Gasteiger partial charge < -0.3 is 30.3 Å². The third-order valence-electron chi connectivity index (χ3n) is 7.62. The van der Waals surface area contributed by atoms with E-state index >= 15 is 0 Å². The van der Waals surface area contributed by atoms with Crippen molar-refractivity contribution in [2.24, 2.45) is 0 Å². The Morgan fingerprint density at radius 3 is 2.67 bits per heavy atom. The van der Waals surface area contributed by atoms with Crippen LogP contribution < -0.4 is 29.9 Å². The second-order valence-electron chi connectivity index (χ2n) is 10.7. The topological polar surface area (TPSA) is 141 Å². The fraction of sp³-hybridized carbons (Fsp3) is 0.367. The molecule has 15 heteroatoms. The van der Waals surface area contributed by atoms with Crippen molar-refractivity contribution < 1.29 is 22.7 Å². The first-order valence-electron chi connectivity index (χ1n) is 14.4. The van der Waals surface area contributed by atoms with Crippen LogP contribution in [0.1, 0.15) is 5.56 Å². The SMILES string of the molecule is C=CC(=O)Nc1cc(Nc2ncc(Cl)c(Nc3cccc4c3N(S(C)(=O)=O)CC4)n2)c(OC)cc1N(C)CCN1CCOCC1. The summed E-state index contributed by atoms with van der Waals surface area (Å²) < 4.78 is 37.5. The lowest BCUT2D eigenvalue weighted by Gasteiger charge is -2.30. The summed E-state index contributed by atoms with van der Waals surface area (Å²) in [6, 6.07) is 9.12. The van der Waals surface area contributed by atoms with Crippen LogP contribution in [-0.2, 0) is 26.0 Å². The van der Waals surface area contributed by atoms with Crippen LogP contribution in [0.4, 0.5) is 40.2 Å². The van der Waals surface area contributed by atoms with Gasteiger partial charge in [-0.25, -0.2) is 13.4 Å². The number of morpholine rings is 1. The number of fused-ring (bicyclic) bond motifs is 1. The lowest BCUT2D eigenvalue weighted by atomic mass is 10.1. The standard InChI is InChI=1S/C30H37ClN8O5S/c1-5-27(40)33-23-17-24(26(43-3)18-25(23)37(2)11-12-38-13-15-44-16-14-38)35-30-32-19-21(31)29(36-30)34-22-8-6-7-20-9-10-39(28(20)22)45(4,41)42/h5-8,17-19H,1,9-16H2,2-4H3,(H,33,40)(H2,32,34,35,36). The zero-order valence-corrected chi connectivity index (χ0v) is 27.0. The number of nitrogens with zero attached hydrogens (tertiary/aromatic N) is 5. The minimum Gasteiger partial charge on any atom is -0.494 e. The highest BCUT2D eigenvalue weighted by Crippen LogP contribution is 2.40. The van der Waals surface area contributed by atoms with Crippen molar-refractivity contribution in [3.05, 3.63) is 59.8 Å². The van der Waals surface area contributed by atoms with E-state index in [9.17, 15) is 13.2 Å². The summed E-state index contributed by atoms with van der Waals surface area (Å²) in [6.07, 6.45) is 4.44. The summed E-state index contributed by atoms with van der Waals surface area (Å²) in [4.78, 5) is 25.7. The molecule has 1 saturated heterocycles. The number of aromatic nitrogens is 2. The summed E-state index contributed by atoms with van der Waals surface area (Å²) in [5.74, 6) is 0.614. The number of rotatable bonds is 12. The first-order chi connectivity index (χ1) is 21.6. The van der Waals surface area contributed by atoms with Crippen molar-refractivity contribution in [3.8, 4) is 5.75 Å². The van der Waals surface area contributed by atoms with Gasteiger partial charge in [0.1, 0.15) is 10.8 Å². The van der Waals surface area contributed by atoms with Crippen molar-refractivity contribution >= 4 is 67.7 Å². The molecular formula is C30H37ClN8O5S. The van der Waals surface area contributed by atoms with Gasteiger partial charge in [-0.15, -0.1) is 0 Å². The highest BCUT2D eigenvalue weighted by molar-refractivity contribution is 7.92. The van der Waals surface area contributed by atoms with Gasteiger partial charge in [0.25, 0.3) is 0 Å². The number of nitrogens with one attached hydrogen (secondary N) is 3. The van der Waals surface area contributed by atoms with E-state index in [1.165, 1.54) is 22.8 Å². The molecule has 0 spiro atoms. The van der Waals surface area contributed by atoms with Crippen LogP contribution in [0.15, 0.2) is 49.2 Å². The number of hydrogen-bond acceptors (Lipinski definition) is 11. The molecule has 0 saturated carbocycles. The monoisotopic (exact) mass is 656 g/mol. The highest BCUT2D eigenvalue weighted by atomic mass is 35.5. The number of anilines is 7. The molecule has 2 aliphatic heterocycles. The van der Waals surface area contributed by atoms with E-state index < -0.39 is 10.0 Å². The second-order valence-corrected chi connectivity index (χ2v) is 13.0. The number of likely N-dealkylation sites (N-methyl/N-ethyl adjacent to an activating group) is 1. The smallest absolute Gasteiger partial charge is 0.247 e. The van der Waals surface area contributed by atoms with E-state index in [1.807, 2.05) is 25.2 Å². The number of carbonyl (C=O) groups excluding carboxylic acids is 1. The average Bonchev–Trinajstić information content (AvgIpc) is 3.48. The van der Waals surface area contributed by atoms with Crippen LogP contribution in [0.3, 0.4) is 0 Å². The van der Waals surface area contributed by atoms with Gasteiger partial charge in [-0.3, -0.25) is 14.0 Å². The van der Waals surface area contributed by atoms with Crippen molar-refractivity contribution in [3.63, 3.8) is 0 Å². The van der Waals surface area contributed by atoms with Crippen LogP contribution in [0, 0.1) is 0 Å². The molecular weight excluding hydrogens is 620 g/mol. The largest absolute Gasteiger partial charge is 0.494 e. The molecule has 45 heavy (non-hydrogen) atoms. The molecule has 1 aromatic heterocycles. The normalized spacial score (nSPS) is 14.9. The summed E-state index contributed by atoms with van der Waals surface area (Å²) in [7, 11) is 0.0333. The van der Waals surface area contributed by atoms with Gasteiger partial charge in [-0.05, 0) is 30.2 Å². The molecule has 2 aromatic carbocycles. The quantitative estimate of drug-likeness (QED) is 0.245. The minimum absolute atomic E-state index is 0.196. The number of sulfonamides is 1. The van der Waals surface area contributed by atoms with Gasteiger partial charge in [-0.1, -0.05) is 30.3 Å². The number of hydrogen-bond donors (Lipinski definition) is 3. The molecule has 2 aliphatic rings. The van der Waals surface area contributed by atoms with Gasteiger partial charge in [0, 0.05) is 45.8 Å². The Morgan fingerprint density at radius 1 is 1.18 bits per heavy atom. The van der Waals surface area contributed by atoms with Crippen LogP contribution in [0.25, 0.3) is 0 Å². The Labute approximate surface area is 268 Å². The number of para-hydroxylation sites is 1. The number of amides is 1. The highest BCUT2D eigenvalue weighted by Gasteiger charge is 2.29. The Kier molecular flexibility index (Phi) is 9.97. The zero-order valence-electron chi connectivity index (χ0n) is 25.5. The molecule has 13 nitrogen and oxygen atoms in total. The van der Waals surface area contributed by atoms with Gasteiger partial charge >= 0.3 is 0 Å². The molecule has 0 bridgehead atoms. The molecule has 3 aromatic rings. The summed E-state index contributed by atoms with van der Waals surface area (Å²) in [5, 5.41) is 9.50. The molecule has 240 valence electrons. The number of ether oxygens (including phenoxy) is 2. The van der Waals surface area contributed by atoms with Crippen molar-refractivity contribution in [1.82, 2.24) is 14.9 Å². The van der Waals surface area contributed by atoms with Crippen LogP contribution in [0.2, 0.25) is 5.02 Å². The Bertz CT molecular complexity index is 1680. The number of carbonyl (C=O) groups is 1. The van der Waals surface area contributed by atoms with E-state index in [-0.39, 0.29) is 22.7 Å². The predicted molar refractivity (Wildman–Crippen MR) is 178 cm³/mol. The molecule has 1 fully saturated rings. The summed E-state index contributed by atoms with van der Waals surface area (Å²) >= 11 is 6.48. The van der Waals surface area contributed by atoms with Gasteiger partial charge in [-0.2, -0.15) is 4.98 Å². The Balaban J connectivity index is 1.42.